The summed E-state index contributed by atoms with van der Waals surface area (Å²) in [4.78, 5) is 25.2. The summed E-state index contributed by atoms with van der Waals surface area (Å²) in [6.07, 6.45) is -1.33. The average molecular weight is 493 g/mol. The van der Waals surface area contributed by atoms with Crippen LogP contribution in [-0.4, -0.2) is 30.2 Å². The molecule has 0 bridgehead atoms. The first-order valence-electron chi connectivity index (χ1n) is 11.7. The Balaban J connectivity index is 1.49. The zero-order chi connectivity index (χ0) is 25.2. The van der Waals surface area contributed by atoms with Crippen molar-refractivity contribution in [2.24, 2.45) is 17.8 Å². The number of benzene rings is 2. The number of carbonyl (C=O) groups is 2. The van der Waals surface area contributed by atoms with Crippen molar-refractivity contribution in [3.05, 3.63) is 65.0 Å². The van der Waals surface area contributed by atoms with Crippen LogP contribution in [0.4, 0.5) is 23.2 Å². The summed E-state index contributed by atoms with van der Waals surface area (Å²) in [5, 5.41) is 12.3. The standard InChI is InChI=1S/C26H27F4NO4/c27-21-13-18(26(28,29)30)8-9-22(21)31-24(32)20-3-1-2-19(23(20)25(33)34)17-6-4-15(5-7-17)12-16-10-11-35-14-16/h4-9,13,16,19-20,23H,1-3,10-12,14H2,(H,31,32)(H,33,34)/t16-,19+,20+,23+/m0/s1. The molecule has 9 heteroatoms. The van der Waals surface area contributed by atoms with Crippen molar-refractivity contribution in [2.75, 3.05) is 18.5 Å². The lowest BCUT2D eigenvalue weighted by Gasteiger charge is -2.35. The number of halogens is 4. The molecule has 2 fully saturated rings. The number of ether oxygens (including phenoxy) is 1. The third kappa shape index (κ3) is 5.83. The van der Waals surface area contributed by atoms with Gasteiger partial charge < -0.3 is 15.2 Å². The summed E-state index contributed by atoms with van der Waals surface area (Å²) < 4.78 is 58.1. The van der Waals surface area contributed by atoms with E-state index < -0.39 is 52.9 Å². The monoisotopic (exact) mass is 493 g/mol. The fraction of sp³-hybridized carbons (Fsp3) is 0.462. The molecule has 1 aliphatic carbocycles. The molecule has 1 heterocycles. The number of hydrogen-bond acceptors (Lipinski definition) is 3. The Morgan fingerprint density at radius 1 is 1.06 bits per heavy atom. The first-order chi connectivity index (χ1) is 16.6. The number of nitrogens with one attached hydrogen (secondary N) is 1. The lowest BCUT2D eigenvalue weighted by molar-refractivity contribution is -0.148. The van der Waals surface area contributed by atoms with Crippen molar-refractivity contribution in [2.45, 2.75) is 44.2 Å². The topological polar surface area (TPSA) is 75.6 Å². The van der Waals surface area contributed by atoms with Gasteiger partial charge in [0.2, 0.25) is 5.91 Å². The van der Waals surface area contributed by atoms with Crippen molar-refractivity contribution in [3.63, 3.8) is 0 Å². The van der Waals surface area contributed by atoms with Gasteiger partial charge in [-0.3, -0.25) is 9.59 Å². The molecular weight excluding hydrogens is 466 g/mol. The molecule has 35 heavy (non-hydrogen) atoms. The van der Waals surface area contributed by atoms with Crippen LogP contribution in [0.5, 0.6) is 0 Å². The predicted molar refractivity (Wildman–Crippen MR) is 120 cm³/mol. The fourth-order valence-electron chi connectivity index (χ4n) is 5.21. The van der Waals surface area contributed by atoms with E-state index in [1.54, 1.807) is 0 Å². The van der Waals surface area contributed by atoms with Gasteiger partial charge in [0, 0.05) is 13.2 Å². The Bertz CT molecular complexity index is 1060. The quantitative estimate of drug-likeness (QED) is 0.511. The molecule has 0 unspecified atom stereocenters. The third-order valence-electron chi connectivity index (χ3n) is 7.03. The predicted octanol–water partition coefficient (Wildman–Crippen LogP) is 5.65. The zero-order valence-electron chi connectivity index (χ0n) is 19.0. The Morgan fingerprint density at radius 3 is 2.40 bits per heavy atom. The maximum Gasteiger partial charge on any atom is 0.416 e. The fourth-order valence-corrected chi connectivity index (χ4v) is 5.21. The van der Waals surface area contributed by atoms with E-state index in [0.717, 1.165) is 43.2 Å². The summed E-state index contributed by atoms with van der Waals surface area (Å²) in [6, 6.07) is 9.61. The van der Waals surface area contributed by atoms with Gasteiger partial charge in [0.25, 0.3) is 0 Å². The summed E-state index contributed by atoms with van der Waals surface area (Å²) in [7, 11) is 0. The van der Waals surface area contributed by atoms with E-state index >= 15 is 0 Å². The van der Waals surface area contributed by atoms with E-state index in [4.69, 9.17) is 4.74 Å². The summed E-state index contributed by atoms with van der Waals surface area (Å²) in [5.74, 6) is -4.97. The average Bonchev–Trinajstić information content (AvgIpc) is 3.32. The van der Waals surface area contributed by atoms with E-state index in [0.29, 0.717) is 37.3 Å². The molecule has 1 saturated heterocycles. The Hall–Kier alpha value is -2.94. The first-order valence-corrected chi connectivity index (χ1v) is 11.7. The van der Waals surface area contributed by atoms with E-state index in [9.17, 15) is 32.3 Å². The molecule has 2 aliphatic rings. The van der Waals surface area contributed by atoms with Gasteiger partial charge in [0.15, 0.2) is 0 Å². The number of carbonyl (C=O) groups excluding carboxylic acids is 1. The number of anilines is 1. The van der Waals surface area contributed by atoms with Crippen LogP contribution in [0.1, 0.15) is 48.3 Å². The number of carboxylic acids is 1. The van der Waals surface area contributed by atoms with Gasteiger partial charge in [-0.25, -0.2) is 4.39 Å². The molecule has 188 valence electrons. The van der Waals surface area contributed by atoms with Crippen LogP contribution in [0, 0.1) is 23.6 Å². The van der Waals surface area contributed by atoms with Crippen LogP contribution < -0.4 is 5.32 Å². The van der Waals surface area contributed by atoms with Crippen LogP contribution >= 0.6 is 0 Å². The van der Waals surface area contributed by atoms with Gasteiger partial charge >= 0.3 is 12.1 Å². The Kier molecular flexibility index (Phi) is 7.44. The largest absolute Gasteiger partial charge is 0.481 e. The minimum absolute atomic E-state index is 0.293. The number of hydrogen-bond donors (Lipinski definition) is 2. The Labute approximate surface area is 200 Å². The molecule has 2 N–H and O–H groups in total. The molecular formula is C26H27F4NO4. The number of carboxylic acid groups (broad SMARTS) is 1. The van der Waals surface area contributed by atoms with Crippen molar-refractivity contribution in [1.82, 2.24) is 0 Å². The Morgan fingerprint density at radius 2 is 1.80 bits per heavy atom. The molecule has 0 radical (unpaired) electrons. The van der Waals surface area contributed by atoms with Crippen molar-refractivity contribution in [3.8, 4) is 0 Å². The second-order valence-corrected chi connectivity index (χ2v) is 9.36. The van der Waals surface area contributed by atoms with E-state index in [2.05, 4.69) is 5.32 Å². The third-order valence-corrected chi connectivity index (χ3v) is 7.03. The summed E-state index contributed by atoms with van der Waals surface area (Å²) in [6.45, 7) is 1.51. The summed E-state index contributed by atoms with van der Waals surface area (Å²) in [5.41, 5.74) is 0.383. The molecule has 0 spiro atoms. The number of alkyl halides is 3. The number of amides is 1. The van der Waals surface area contributed by atoms with Crippen LogP contribution in [0.15, 0.2) is 42.5 Å². The molecule has 5 nitrogen and oxygen atoms in total. The minimum Gasteiger partial charge on any atom is -0.481 e. The lowest BCUT2D eigenvalue weighted by atomic mass is 9.69. The second kappa shape index (κ2) is 10.4. The van der Waals surface area contributed by atoms with Crippen LogP contribution in [0.25, 0.3) is 0 Å². The molecule has 4 atom stereocenters. The van der Waals surface area contributed by atoms with Gasteiger partial charge in [-0.15, -0.1) is 0 Å². The highest BCUT2D eigenvalue weighted by molar-refractivity contribution is 5.95. The maximum atomic E-state index is 14.2. The van der Waals surface area contributed by atoms with Crippen molar-refractivity contribution >= 4 is 17.6 Å². The first kappa shape index (κ1) is 25.2. The normalized spacial score (nSPS) is 24.8. The van der Waals surface area contributed by atoms with Gasteiger partial charge in [0.05, 0.1) is 23.1 Å². The molecule has 1 saturated carbocycles. The van der Waals surface area contributed by atoms with Crippen LogP contribution in [0.3, 0.4) is 0 Å². The highest BCUT2D eigenvalue weighted by atomic mass is 19.4. The summed E-state index contributed by atoms with van der Waals surface area (Å²) >= 11 is 0. The van der Waals surface area contributed by atoms with E-state index in [1.807, 2.05) is 24.3 Å². The minimum atomic E-state index is -4.71. The highest BCUT2D eigenvalue weighted by Crippen LogP contribution is 2.42. The molecule has 2 aromatic carbocycles. The molecule has 0 aromatic heterocycles. The lowest BCUT2D eigenvalue weighted by Crippen LogP contribution is -2.40. The SMILES string of the molecule is O=C(O)[C@@H]1[C@@H](c2ccc(C[C@@H]3CCOC3)cc2)CCC[C@H]1C(=O)Nc1ccc(C(F)(F)F)cc1F. The van der Waals surface area contributed by atoms with Crippen molar-refractivity contribution < 1.29 is 37.0 Å². The maximum absolute atomic E-state index is 14.2. The van der Waals surface area contributed by atoms with Crippen LogP contribution in [-0.2, 0) is 26.9 Å². The van der Waals surface area contributed by atoms with Crippen LogP contribution in [0.2, 0.25) is 0 Å². The molecule has 2 aromatic rings. The zero-order valence-corrected chi connectivity index (χ0v) is 19.0. The van der Waals surface area contributed by atoms with Gasteiger partial charge in [0.1, 0.15) is 5.82 Å². The molecule has 4 rings (SSSR count). The second-order valence-electron chi connectivity index (χ2n) is 9.36. The van der Waals surface area contributed by atoms with E-state index in [-0.39, 0.29) is 0 Å². The highest BCUT2D eigenvalue weighted by Gasteiger charge is 2.43. The van der Waals surface area contributed by atoms with Gasteiger partial charge in [-0.1, -0.05) is 30.7 Å². The molecule has 1 aliphatic heterocycles. The number of rotatable bonds is 6. The molecule has 1 amide bonds. The van der Waals surface area contributed by atoms with Crippen molar-refractivity contribution in [1.29, 1.82) is 0 Å². The van der Waals surface area contributed by atoms with E-state index in [1.165, 1.54) is 0 Å². The number of aliphatic carboxylic acids is 1. The van der Waals surface area contributed by atoms with Gasteiger partial charge in [-0.2, -0.15) is 13.2 Å². The smallest absolute Gasteiger partial charge is 0.416 e. The van der Waals surface area contributed by atoms with Gasteiger partial charge in [-0.05, 0) is 66.8 Å².